The van der Waals surface area contributed by atoms with E-state index in [9.17, 15) is 14.7 Å². The lowest BCUT2D eigenvalue weighted by atomic mass is 10.2. The van der Waals surface area contributed by atoms with E-state index in [-0.39, 0.29) is 12.5 Å². The van der Waals surface area contributed by atoms with Crippen LogP contribution >= 0.6 is 0 Å². The van der Waals surface area contributed by atoms with Crippen LogP contribution in [0, 0.1) is 0 Å². The molecule has 0 spiro atoms. The number of amides is 1. The third-order valence-corrected chi connectivity index (χ3v) is 2.01. The third kappa shape index (κ3) is 3.51. The molecule has 0 aromatic carbocycles. The van der Waals surface area contributed by atoms with Gasteiger partial charge in [-0.3, -0.25) is 9.59 Å². The van der Waals surface area contributed by atoms with Gasteiger partial charge in [0, 0.05) is 6.54 Å². The van der Waals surface area contributed by atoms with Crippen LogP contribution < -0.4 is 0 Å². The Labute approximate surface area is 89.0 Å². The van der Waals surface area contributed by atoms with Crippen LogP contribution in [0.25, 0.3) is 0 Å². The van der Waals surface area contributed by atoms with Crippen molar-refractivity contribution < 1.29 is 19.4 Å². The predicted octanol–water partition coefficient (Wildman–Crippen LogP) is -0.0787. The Hall–Kier alpha value is -1.10. The molecule has 1 aliphatic heterocycles. The first kappa shape index (κ1) is 12.0. The van der Waals surface area contributed by atoms with Crippen LogP contribution in [0.15, 0.2) is 0 Å². The summed E-state index contributed by atoms with van der Waals surface area (Å²) in [6, 6.07) is 0. The fraction of sp³-hybridized carbons (Fsp3) is 0.800. The Morgan fingerprint density at radius 3 is 2.60 bits per heavy atom. The van der Waals surface area contributed by atoms with E-state index in [0.29, 0.717) is 13.0 Å². The minimum atomic E-state index is -0.951. The second kappa shape index (κ2) is 4.18. The zero-order valence-corrected chi connectivity index (χ0v) is 9.32. The molecule has 1 heterocycles. The molecular weight excluding hydrogens is 198 g/mol. The van der Waals surface area contributed by atoms with Gasteiger partial charge in [-0.1, -0.05) is 0 Å². The Bertz CT molecular complexity index is 269. The molecule has 1 aliphatic rings. The van der Waals surface area contributed by atoms with Crippen molar-refractivity contribution in [1.29, 1.82) is 0 Å². The minimum Gasteiger partial charge on any atom is -0.459 e. The lowest BCUT2D eigenvalue weighted by Gasteiger charge is -2.22. The van der Waals surface area contributed by atoms with E-state index in [0.717, 1.165) is 0 Å². The summed E-state index contributed by atoms with van der Waals surface area (Å²) in [5, 5.41) is 9.17. The van der Waals surface area contributed by atoms with Gasteiger partial charge in [-0.2, -0.15) is 0 Å². The summed E-state index contributed by atoms with van der Waals surface area (Å²) >= 11 is 0. The maximum atomic E-state index is 11.4. The summed E-state index contributed by atoms with van der Waals surface area (Å²) in [5.41, 5.74) is -0.543. The highest BCUT2D eigenvalue weighted by Gasteiger charge is 2.31. The maximum absolute atomic E-state index is 11.4. The van der Waals surface area contributed by atoms with Crippen molar-refractivity contribution in [3.63, 3.8) is 0 Å². The molecule has 0 unspecified atom stereocenters. The van der Waals surface area contributed by atoms with Crippen molar-refractivity contribution in [3.8, 4) is 0 Å². The van der Waals surface area contributed by atoms with Gasteiger partial charge in [0.15, 0.2) is 0 Å². The SMILES string of the molecule is CC(C)(C)OC(=O)CN1CC[C@@H](O)C1=O. The van der Waals surface area contributed by atoms with Gasteiger partial charge in [-0.05, 0) is 27.2 Å². The highest BCUT2D eigenvalue weighted by Crippen LogP contribution is 2.12. The lowest BCUT2D eigenvalue weighted by molar-refractivity contribution is -0.158. The standard InChI is InChI=1S/C10H17NO4/c1-10(2,3)15-8(13)6-11-5-4-7(12)9(11)14/h7,12H,4-6H2,1-3H3/t7-/m1/s1. The van der Waals surface area contributed by atoms with E-state index in [1.54, 1.807) is 20.8 Å². The van der Waals surface area contributed by atoms with E-state index < -0.39 is 17.7 Å². The van der Waals surface area contributed by atoms with Crippen LogP contribution in [-0.2, 0) is 14.3 Å². The summed E-state index contributed by atoms with van der Waals surface area (Å²) in [6.07, 6.45) is -0.561. The molecule has 15 heavy (non-hydrogen) atoms. The van der Waals surface area contributed by atoms with Crippen molar-refractivity contribution in [2.45, 2.75) is 38.9 Å². The molecule has 1 fully saturated rings. The molecule has 5 heteroatoms. The molecule has 1 saturated heterocycles. The van der Waals surface area contributed by atoms with Gasteiger partial charge >= 0.3 is 5.97 Å². The van der Waals surface area contributed by atoms with Crippen LogP contribution in [0.5, 0.6) is 0 Å². The van der Waals surface area contributed by atoms with E-state index >= 15 is 0 Å². The van der Waals surface area contributed by atoms with Crippen LogP contribution in [0.4, 0.5) is 0 Å². The number of carbonyl (C=O) groups is 2. The number of aliphatic hydroxyl groups excluding tert-OH is 1. The summed E-state index contributed by atoms with van der Waals surface area (Å²) in [6.45, 7) is 5.65. The molecule has 1 amide bonds. The third-order valence-electron chi connectivity index (χ3n) is 2.01. The first-order valence-corrected chi connectivity index (χ1v) is 4.98. The molecule has 1 N–H and O–H groups in total. The molecule has 0 radical (unpaired) electrons. The largest absolute Gasteiger partial charge is 0.459 e. The Kier molecular flexibility index (Phi) is 3.34. The Morgan fingerprint density at radius 2 is 2.20 bits per heavy atom. The van der Waals surface area contributed by atoms with Crippen LogP contribution in [0.3, 0.4) is 0 Å². The Balaban J connectivity index is 2.43. The van der Waals surface area contributed by atoms with E-state index in [2.05, 4.69) is 0 Å². The van der Waals surface area contributed by atoms with Crippen molar-refractivity contribution in [3.05, 3.63) is 0 Å². The number of carbonyl (C=O) groups excluding carboxylic acids is 2. The van der Waals surface area contributed by atoms with Crippen molar-refractivity contribution >= 4 is 11.9 Å². The fourth-order valence-electron chi connectivity index (χ4n) is 1.41. The number of rotatable bonds is 2. The van der Waals surface area contributed by atoms with E-state index in [1.165, 1.54) is 4.90 Å². The monoisotopic (exact) mass is 215 g/mol. The number of nitrogens with zero attached hydrogens (tertiary/aromatic N) is 1. The number of ether oxygens (including phenoxy) is 1. The first-order chi connectivity index (χ1) is 6.79. The highest BCUT2D eigenvalue weighted by atomic mass is 16.6. The number of esters is 1. The van der Waals surface area contributed by atoms with Crippen molar-refractivity contribution in [2.24, 2.45) is 0 Å². The molecule has 1 atom stereocenters. The normalized spacial score (nSPS) is 22.0. The molecule has 0 bridgehead atoms. The molecule has 86 valence electrons. The molecule has 0 aliphatic carbocycles. The lowest BCUT2D eigenvalue weighted by Crippen LogP contribution is -2.37. The number of aliphatic hydroxyl groups is 1. The van der Waals surface area contributed by atoms with Crippen LogP contribution in [0.1, 0.15) is 27.2 Å². The molecule has 0 aromatic heterocycles. The highest BCUT2D eigenvalue weighted by molar-refractivity contribution is 5.86. The predicted molar refractivity (Wildman–Crippen MR) is 53.0 cm³/mol. The van der Waals surface area contributed by atoms with Crippen LogP contribution in [-0.4, -0.2) is 46.7 Å². The van der Waals surface area contributed by atoms with Gasteiger partial charge in [-0.25, -0.2) is 0 Å². The molecular formula is C10H17NO4. The van der Waals surface area contributed by atoms with Gasteiger partial charge in [-0.15, -0.1) is 0 Å². The zero-order chi connectivity index (χ0) is 11.6. The second-order valence-electron chi connectivity index (χ2n) is 4.65. The average Bonchev–Trinajstić information content (AvgIpc) is 2.32. The number of hydrogen-bond acceptors (Lipinski definition) is 4. The van der Waals surface area contributed by atoms with Gasteiger partial charge in [0.05, 0.1) is 0 Å². The van der Waals surface area contributed by atoms with Gasteiger partial charge in [0.1, 0.15) is 18.2 Å². The van der Waals surface area contributed by atoms with Gasteiger partial charge in [0.25, 0.3) is 5.91 Å². The van der Waals surface area contributed by atoms with Gasteiger partial charge in [0.2, 0.25) is 0 Å². The number of likely N-dealkylation sites (tertiary alicyclic amines) is 1. The summed E-state index contributed by atoms with van der Waals surface area (Å²) in [7, 11) is 0. The first-order valence-electron chi connectivity index (χ1n) is 4.98. The molecule has 0 saturated carbocycles. The summed E-state index contributed by atoms with van der Waals surface area (Å²) < 4.78 is 5.07. The quantitative estimate of drug-likeness (QED) is 0.654. The Morgan fingerprint density at radius 1 is 1.60 bits per heavy atom. The van der Waals surface area contributed by atoms with E-state index in [4.69, 9.17) is 4.74 Å². The maximum Gasteiger partial charge on any atom is 0.326 e. The smallest absolute Gasteiger partial charge is 0.326 e. The number of hydrogen-bond donors (Lipinski definition) is 1. The van der Waals surface area contributed by atoms with E-state index in [1.807, 2.05) is 0 Å². The topological polar surface area (TPSA) is 66.8 Å². The fourth-order valence-corrected chi connectivity index (χ4v) is 1.41. The molecule has 0 aromatic rings. The minimum absolute atomic E-state index is 0.0762. The molecule has 1 rings (SSSR count). The van der Waals surface area contributed by atoms with Crippen molar-refractivity contribution in [2.75, 3.05) is 13.1 Å². The molecule has 5 nitrogen and oxygen atoms in total. The average molecular weight is 215 g/mol. The van der Waals surface area contributed by atoms with Crippen molar-refractivity contribution in [1.82, 2.24) is 4.90 Å². The van der Waals surface area contributed by atoms with Crippen LogP contribution in [0.2, 0.25) is 0 Å². The summed E-state index contributed by atoms with van der Waals surface area (Å²) in [5.74, 6) is -0.828. The second-order valence-corrected chi connectivity index (χ2v) is 4.65. The zero-order valence-electron chi connectivity index (χ0n) is 9.32. The summed E-state index contributed by atoms with van der Waals surface area (Å²) in [4.78, 5) is 24.0. The van der Waals surface area contributed by atoms with Gasteiger partial charge < -0.3 is 14.7 Å².